The van der Waals surface area contributed by atoms with E-state index in [2.05, 4.69) is 26.0 Å². The molecule has 0 atom stereocenters. The first-order valence-corrected chi connectivity index (χ1v) is 11.0. The van der Waals surface area contributed by atoms with E-state index in [4.69, 9.17) is 16.3 Å². The maximum Gasteiger partial charge on any atom is 0.265 e. The molecule has 0 heterocycles. The third-order valence-electron chi connectivity index (χ3n) is 3.94. The Balaban J connectivity index is 1.90. The molecule has 29 heavy (non-hydrogen) atoms. The minimum atomic E-state index is -3.98. The molecule has 3 rings (SSSR count). The topological polar surface area (TPSA) is 84.5 Å². The maximum absolute atomic E-state index is 12.9. The molecule has 0 fully saturated rings. The average Bonchev–Trinajstić information content (AvgIpc) is 2.69. The molecule has 3 aromatic carbocycles. The van der Waals surface area contributed by atoms with Gasteiger partial charge < -0.3 is 10.1 Å². The van der Waals surface area contributed by atoms with Crippen LogP contribution in [0.3, 0.4) is 0 Å². The maximum atomic E-state index is 12.9. The minimum absolute atomic E-state index is 0.0341. The molecule has 6 nitrogen and oxygen atoms in total. The van der Waals surface area contributed by atoms with Crippen molar-refractivity contribution in [2.75, 3.05) is 17.1 Å². The summed E-state index contributed by atoms with van der Waals surface area (Å²) in [6.45, 7) is 0. The number of sulfonamides is 1. The Morgan fingerprint density at radius 2 is 1.66 bits per heavy atom. The Morgan fingerprint density at radius 1 is 1.00 bits per heavy atom. The number of benzene rings is 3. The van der Waals surface area contributed by atoms with Crippen LogP contribution in [0.5, 0.6) is 5.75 Å². The number of hydrogen-bond acceptors (Lipinski definition) is 4. The highest BCUT2D eigenvalue weighted by molar-refractivity contribution is 9.10. The van der Waals surface area contributed by atoms with Crippen molar-refractivity contribution in [1.29, 1.82) is 0 Å². The number of anilines is 2. The molecule has 1 amide bonds. The third kappa shape index (κ3) is 5.09. The molecule has 150 valence electrons. The van der Waals surface area contributed by atoms with Gasteiger partial charge in [-0.05, 0) is 54.6 Å². The number of halogens is 2. The quantitative estimate of drug-likeness (QED) is 0.494. The Kier molecular flexibility index (Phi) is 6.46. The van der Waals surface area contributed by atoms with Gasteiger partial charge in [0.15, 0.2) is 0 Å². The number of ether oxygens (including phenoxy) is 1. The van der Waals surface area contributed by atoms with Crippen molar-refractivity contribution in [3.63, 3.8) is 0 Å². The molecule has 0 saturated carbocycles. The van der Waals surface area contributed by atoms with E-state index in [-0.39, 0.29) is 16.3 Å². The number of rotatable bonds is 6. The van der Waals surface area contributed by atoms with Crippen LogP contribution in [0.2, 0.25) is 5.02 Å². The molecule has 0 bridgehead atoms. The summed E-state index contributed by atoms with van der Waals surface area (Å²) in [7, 11) is -2.59. The number of methoxy groups -OCH3 is 1. The highest BCUT2D eigenvalue weighted by Crippen LogP contribution is 2.31. The van der Waals surface area contributed by atoms with E-state index < -0.39 is 15.9 Å². The fraction of sp³-hybridized carbons (Fsp3) is 0.0500. The van der Waals surface area contributed by atoms with Gasteiger partial charge in [-0.15, -0.1) is 0 Å². The van der Waals surface area contributed by atoms with Crippen molar-refractivity contribution in [3.8, 4) is 5.75 Å². The monoisotopic (exact) mass is 494 g/mol. The Morgan fingerprint density at radius 3 is 2.31 bits per heavy atom. The lowest BCUT2D eigenvalue weighted by atomic mass is 10.2. The van der Waals surface area contributed by atoms with Gasteiger partial charge in [0.05, 0.1) is 18.5 Å². The van der Waals surface area contributed by atoms with Gasteiger partial charge >= 0.3 is 0 Å². The van der Waals surface area contributed by atoms with E-state index >= 15 is 0 Å². The molecule has 0 spiro atoms. The lowest BCUT2D eigenvalue weighted by molar-refractivity contribution is 0.102. The predicted molar refractivity (Wildman–Crippen MR) is 117 cm³/mol. The van der Waals surface area contributed by atoms with Gasteiger partial charge in [0.25, 0.3) is 15.9 Å². The first kappa shape index (κ1) is 21.2. The van der Waals surface area contributed by atoms with Crippen LogP contribution in [0.15, 0.2) is 76.1 Å². The zero-order valence-electron chi connectivity index (χ0n) is 15.1. The normalized spacial score (nSPS) is 11.0. The molecule has 0 aliphatic rings. The van der Waals surface area contributed by atoms with E-state index in [1.54, 1.807) is 60.7 Å². The lowest BCUT2D eigenvalue weighted by Crippen LogP contribution is -2.17. The highest BCUT2D eigenvalue weighted by Gasteiger charge is 2.21. The molecule has 0 aliphatic heterocycles. The second kappa shape index (κ2) is 8.86. The average molecular weight is 496 g/mol. The van der Waals surface area contributed by atoms with Gasteiger partial charge in [-0.2, -0.15) is 0 Å². The number of carbonyl (C=O) groups excluding carboxylic acids is 1. The summed E-state index contributed by atoms with van der Waals surface area (Å²) < 4.78 is 34.1. The third-order valence-corrected chi connectivity index (χ3v) is 6.07. The van der Waals surface area contributed by atoms with Crippen molar-refractivity contribution < 1.29 is 17.9 Å². The summed E-state index contributed by atoms with van der Waals surface area (Å²) in [5.74, 6) is -0.197. The number of amides is 1. The summed E-state index contributed by atoms with van der Waals surface area (Å²) in [4.78, 5) is 12.5. The predicted octanol–water partition coefficient (Wildman–Crippen LogP) is 5.16. The Labute approximate surface area is 182 Å². The van der Waals surface area contributed by atoms with Crippen LogP contribution >= 0.6 is 27.5 Å². The smallest absolute Gasteiger partial charge is 0.265 e. The van der Waals surface area contributed by atoms with Crippen LogP contribution in [0.1, 0.15) is 10.4 Å². The van der Waals surface area contributed by atoms with Crippen LogP contribution in [-0.2, 0) is 10.0 Å². The molecule has 0 aromatic heterocycles. The Bertz CT molecular complexity index is 1150. The summed E-state index contributed by atoms with van der Waals surface area (Å²) in [6.07, 6.45) is 0. The zero-order chi connectivity index (χ0) is 21.0. The van der Waals surface area contributed by atoms with E-state index in [1.165, 1.54) is 13.2 Å². The van der Waals surface area contributed by atoms with Crippen LogP contribution in [0.25, 0.3) is 0 Å². The molecule has 0 unspecified atom stereocenters. The second-order valence-corrected chi connectivity index (χ2v) is 8.91. The molecular weight excluding hydrogens is 480 g/mol. The number of nitrogens with one attached hydrogen (secondary N) is 2. The first-order valence-electron chi connectivity index (χ1n) is 8.32. The van der Waals surface area contributed by atoms with Crippen molar-refractivity contribution in [2.24, 2.45) is 0 Å². The minimum Gasteiger partial charge on any atom is -0.495 e. The van der Waals surface area contributed by atoms with Crippen molar-refractivity contribution in [2.45, 2.75) is 4.90 Å². The van der Waals surface area contributed by atoms with E-state index in [0.717, 1.165) is 0 Å². The zero-order valence-corrected chi connectivity index (χ0v) is 18.3. The largest absolute Gasteiger partial charge is 0.495 e. The van der Waals surface area contributed by atoms with E-state index in [0.29, 0.717) is 20.7 Å². The molecular formula is C20H16BrClN2O4S. The summed E-state index contributed by atoms with van der Waals surface area (Å²) in [5.41, 5.74) is 0.919. The SMILES string of the molecule is COc1ccc(Br)cc1S(=O)(=O)Nc1ccccc1NC(=O)c1ccc(Cl)cc1. The number of hydrogen-bond donors (Lipinski definition) is 2. The lowest BCUT2D eigenvalue weighted by Gasteiger charge is -2.15. The van der Waals surface area contributed by atoms with Crippen LogP contribution in [0, 0.1) is 0 Å². The fourth-order valence-electron chi connectivity index (χ4n) is 2.54. The second-order valence-electron chi connectivity index (χ2n) is 5.91. The number of carbonyl (C=O) groups is 1. The number of para-hydroxylation sites is 2. The summed E-state index contributed by atoms with van der Waals surface area (Å²) in [5, 5.41) is 3.22. The van der Waals surface area contributed by atoms with E-state index in [1.807, 2.05) is 0 Å². The van der Waals surface area contributed by atoms with E-state index in [9.17, 15) is 13.2 Å². The van der Waals surface area contributed by atoms with Gasteiger partial charge in [0, 0.05) is 15.1 Å². The van der Waals surface area contributed by atoms with Crippen molar-refractivity contribution in [1.82, 2.24) is 0 Å². The van der Waals surface area contributed by atoms with Crippen molar-refractivity contribution in [3.05, 3.63) is 81.8 Å². The van der Waals surface area contributed by atoms with Crippen molar-refractivity contribution >= 4 is 54.8 Å². The molecule has 3 aromatic rings. The van der Waals surface area contributed by atoms with Crippen LogP contribution in [0.4, 0.5) is 11.4 Å². The van der Waals surface area contributed by atoms with Gasteiger partial charge in [0.2, 0.25) is 0 Å². The Hall–Kier alpha value is -2.55. The molecule has 2 N–H and O–H groups in total. The van der Waals surface area contributed by atoms with Crippen LogP contribution in [-0.4, -0.2) is 21.4 Å². The van der Waals surface area contributed by atoms with Crippen LogP contribution < -0.4 is 14.8 Å². The molecule has 0 radical (unpaired) electrons. The van der Waals surface area contributed by atoms with Gasteiger partial charge in [0.1, 0.15) is 10.6 Å². The van der Waals surface area contributed by atoms with Gasteiger partial charge in [-0.3, -0.25) is 9.52 Å². The van der Waals surface area contributed by atoms with Gasteiger partial charge in [-0.25, -0.2) is 8.42 Å². The summed E-state index contributed by atoms with van der Waals surface area (Å²) in [6, 6.07) is 17.5. The standard InChI is InChI=1S/C20H16BrClN2O4S/c1-28-18-11-8-14(21)12-19(18)29(26,27)24-17-5-3-2-4-16(17)23-20(25)13-6-9-15(22)10-7-13/h2-12,24H,1H3,(H,23,25). The highest BCUT2D eigenvalue weighted by atomic mass is 79.9. The first-order chi connectivity index (χ1) is 13.8. The molecule has 0 aliphatic carbocycles. The van der Waals surface area contributed by atoms with Gasteiger partial charge in [-0.1, -0.05) is 39.7 Å². The molecule has 0 saturated heterocycles. The fourth-order valence-corrected chi connectivity index (χ4v) is 4.45. The molecule has 9 heteroatoms. The summed E-state index contributed by atoms with van der Waals surface area (Å²) >= 11 is 9.11.